The maximum absolute atomic E-state index is 11.9. The van der Waals surface area contributed by atoms with Gasteiger partial charge in [-0.3, -0.25) is 9.36 Å². The Morgan fingerprint density at radius 3 is 2.95 bits per heavy atom. The van der Waals surface area contributed by atoms with Crippen molar-refractivity contribution in [1.29, 1.82) is 0 Å². The molecule has 9 nitrogen and oxygen atoms in total. The lowest BCUT2D eigenvalue weighted by molar-refractivity contribution is -0.140. The number of hydrogen-bond acceptors (Lipinski definition) is 8. The predicted octanol–water partition coefficient (Wildman–Crippen LogP) is -1.43. The second-order valence-electron chi connectivity index (χ2n) is 5.03. The van der Waals surface area contributed by atoms with Crippen LogP contribution in [0.5, 0.6) is 0 Å². The van der Waals surface area contributed by atoms with Crippen molar-refractivity contribution < 1.29 is 24.5 Å². The molecule has 1 aliphatic rings. The van der Waals surface area contributed by atoms with Crippen LogP contribution in [0.3, 0.4) is 0 Å². The fourth-order valence-corrected chi connectivity index (χ4v) is 2.31. The summed E-state index contributed by atoms with van der Waals surface area (Å²) in [5.74, 6) is -0.354. The van der Waals surface area contributed by atoms with Crippen LogP contribution in [0.4, 0.5) is 5.82 Å². The van der Waals surface area contributed by atoms with Gasteiger partial charge in [0, 0.05) is 24.6 Å². The van der Waals surface area contributed by atoms with E-state index in [0.717, 1.165) is 0 Å². The fourth-order valence-electron chi connectivity index (χ4n) is 2.31. The average molecular weight is 313 g/mol. The van der Waals surface area contributed by atoms with Crippen LogP contribution in [0.2, 0.25) is 0 Å². The van der Waals surface area contributed by atoms with E-state index in [1.807, 2.05) is 0 Å². The minimum Gasteiger partial charge on any atom is -0.469 e. The number of aryl methyl sites for hydroxylation is 1. The third-order valence-corrected chi connectivity index (χ3v) is 3.58. The molecular weight excluding hydrogens is 294 g/mol. The number of aromatic nitrogens is 2. The Labute approximate surface area is 126 Å². The quantitative estimate of drug-likeness (QED) is 0.563. The van der Waals surface area contributed by atoms with E-state index < -0.39 is 30.1 Å². The van der Waals surface area contributed by atoms with Gasteiger partial charge < -0.3 is 25.4 Å². The van der Waals surface area contributed by atoms with E-state index in [-0.39, 0.29) is 31.7 Å². The smallest absolute Gasteiger partial charge is 0.351 e. The standard InChI is InChI=1S/C13H19N3O6/c1-21-11(19)3-2-7-5-16(13(20)15-12(7)14)10-4-8(18)9(6-17)22-10/h5,8-10,17-18H,2-4,6H2,1H3,(H2,14,15,20)/t8-,9+,10+/m0/s1. The first kappa shape index (κ1) is 16.4. The first-order valence-electron chi connectivity index (χ1n) is 6.85. The van der Waals surface area contributed by atoms with Crippen molar-refractivity contribution in [2.45, 2.75) is 37.7 Å². The zero-order valence-electron chi connectivity index (χ0n) is 12.1. The number of aliphatic hydroxyl groups is 2. The molecule has 9 heteroatoms. The molecule has 0 saturated carbocycles. The molecule has 0 amide bonds. The van der Waals surface area contributed by atoms with Crippen LogP contribution in [0.25, 0.3) is 0 Å². The summed E-state index contributed by atoms with van der Waals surface area (Å²) in [7, 11) is 1.29. The number of carbonyl (C=O) groups is 1. The molecule has 2 rings (SSSR count). The van der Waals surface area contributed by atoms with Gasteiger partial charge in [0.05, 0.1) is 19.8 Å². The predicted molar refractivity (Wildman–Crippen MR) is 74.9 cm³/mol. The van der Waals surface area contributed by atoms with Gasteiger partial charge >= 0.3 is 11.7 Å². The summed E-state index contributed by atoms with van der Waals surface area (Å²) >= 11 is 0. The topological polar surface area (TPSA) is 137 Å². The third-order valence-electron chi connectivity index (χ3n) is 3.58. The van der Waals surface area contributed by atoms with Crippen molar-refractivity contribution in [2.24, 2.45) is 0 Å². The van der Waals surface area contributed by atoms with Gasteiger partial charge in [-0.1, -0.05) is 0 Å². The number of ether oxygens (including phenoxy) is 2. The average Bonchev–Trinajstić information content (AvgIpc) is 2.86. The zero-order chi connectivity index (χ0) is 16.3. The van der Waals surface area contributed by atoms with Crippen LogP contribution in [-0.4, -0.2) is 51.7 Å². The molecule has 22 heavy (non-hydrogen) atoms. The number of nitrogens with zero attached hydrogens (tertiary/aromatic N) is 2. The molecular formula is C13H19N3O6. The van der Waals surface area contributed by atoms with Gasteiger partial charge in [0.15, 0.2) is 0 Å². The lowest BCUT2D eigenvalue weighted by Crippen LogP contribution is -2.29. The highest BCUT2D eigenvalue weighted by atomic mass is 16.5. The van der Waals surface area contributed by atoms with Crippen molar-refractivity contribution in [3.63, 3.8) is 0 Å². The summed E-state index contributed by atoms with van der Waals surface area (Å²) in [6, 6.07) is 0. The van der Waals surface area contributed by atoms with Gasteiger partial charge in [-0.15, -0.1) is 0 Å². The third kappa shape index (κ3) is 3.43. The van der Waals surface area contributed by atoms with Crippen molar-refractivity contribution in [3.05, 3.63) is 22.2 Å². The number of hydrogen-bond donors (Lipinski definition) is 3. The number of methoxy groups -OCH3 is 1. The highest BCUT2D eigenvalue weighted by molar-refractivity contribution is 5.69. The zero-order valence-corrected chi connectivity index (χ0v) is 12.1. The molecule has 1 aromatic rings. The molecule has 0 aliphatic carbocycles. The largest absolute Gasteiger partial charge is 0.469 e. The lowest BCUT2D eigenvalue weighted by Gasteiger charge is -2.16. The van der Waals surface area contributed by atoms with Gasteiger partial charge in [0.1, 0.15) is 18.1 Å². The Bertz CT molecular complexity index is 602. The summed E-state index contributed by atoms with van der Waals surface area (Å²) < 4.78 is 11.2. The number of nitrogens with two attached hydrogens (primary N) is 1. The molecule has 0 bridgehead atoms. The van der Waals surface area contributed by atoms with Crippen LogP contribution in [0, 0.1) is 0 Å². The normalized spacial score (nSPS) is 24.4. The van der Waals surface area contributed by atoms with Crippen LogP contribution in [-0.2, 0) is 20.7 Å². The molecule has 0 aromatic carbocycles. The number of nitrogen functional groups attached to an aromatic ring is 1. The van der Waals surface area contributed by atoms with E-state index in [0.29, 0.717) is 5.56 Å². The minimum atomic E-state index is -0.863. The molecule has 0 unspecified atom stereocenters. The number of esters is 1. The summed E-state index contributed by atoms with van der Waals surface area (Å²) in [4.78, 5) is 26.8. The SMILES string of the molecule is COC(=O)CCc1cn([C@H]2C[C@H](O)[C@@H](CO)O2)c(=O)nc1N. The number of rotatable bonds is 5. The van der Waals surface area contributed by atoms with Gasteiger partial charge in [-0.05, 0) is 6.42 Å². The van der Waals surface area contributed by atoms with E-state index in [1.54, 1.807) is 0 Å². The van der Waals surface area contributed by atoms with Crippen LogP contribution in [0.1, 0.15) is 24.6 Å². The minimum absolute atomic E-state index is 0.0439. The first-order chi connectivity index (χ1) is 10.5. The van der Waals surface area contributed by atoms with E-state index in [4.69, 9.17) is 15.6 Å². The molecule has 0 radical (unpaired) electrons. The van der Waals surface area contributed by atoms with Crippen LogP contribution < -0.4 is 11.4 Å². The first-order valence-corrected chi connectivity index (χ1v) is 6.85. The molecule has 2 heterocycles. The van der Waals surface area contributed by atoms with Crippen LogP contribution >= 0.6 is 0 Å². The number of carbonyl (C=O) groups excluding carboxylic acids is 1. The molecule has 3 atom stereocenters. The maximum Gasteiger partial charge on any atom is 0.351 e. The maximum atomic E-state index is 11.9. The Kier molecular flexibility index (Phi) is 5.11. The highest BCUT2D eigenvalue weighted by Gasteiger charge is 2.35. The summed E-state index contributed by atoms with van der Waals surface area (Å²) in [6.45, 7) is -0.343. The molecule has 1 aliphatic heterocycles. The van der Waals surface area contributed by atoms with Gasteiger partial charge in [0.2, 0.25) is 0 Å². The second kappa shape index (κ2) is 6.86. The molecule has 122 valence electrons. The Morgan fingerprint density at radius 1 is 1.64 bits per heavy atom. The number of aliphatic hydroxyl groups excluding tert-OH is 2. The van der Waals surface area contributed by atoms with Gasteiger partial charge in [-0.2, -0.15) is 4.98 Å². The fraction of sp³-hybridized carbons (Fsp3) is 0.615. The summed E-state index contributed by atoms with van der Waals surface area (Å²) in [6.07, 6.45) is -0.341. The van der Waals surface area contributed by atoms with Crippen LogP contribution in [0.15, 0.2) is 11.0 Å². The van der Waals surface area contributed by atoms with Gasteiger partial charge in [0.25, 0.3) is 0 Å². The molecule has 1 saturated heterocycles. The second-order valence-corrected chi connectivity index (χ2v) is 5.03. The van der Waals surface area contributed by atoms with E-state index in [2.05, 4.69) is 9.72 Å². The molecule has 1 fully saturated rings. The van der Waals surface area contributed by atoms with Gasteiger partial charge in [-0.25, -0.2) is 4.79 Å². The molecule has 4 N–H and O–H groups in total. The Balaban J connectivity index is 2.21. The highest BCUT2D eigenvalue weighted by Crippen LogP contribution is 2.27. The Hall–Kier alpha value is -1.97. The monoisotopic (exact) mass is 313 g/mol. The van der Waals surface area contributed by atoms with Crippen molar-refractivity contribution in [2.75, 3.05) is 19.5 Å². The lowest BCUT2D eigenvalue weighted by atomic mass is 10.1. The number of anilines is 1. The van der Waals surface area contributed by atoms with E-state index >= 15 is 0 Å². The molecule has 1 aromatic heterocycles. The van der Waals surface area contributed by atoms with Crippen molar-refractivity contribution in [3.8, 4) is 0 Å². The summed E-state index contributed by atoms with van der Waals surface area (Å²) in [5, 5.41) is 18.8. The summed E-state index contributed by atoms with van der Waals surface area (Å²) in [5.41, 5.74) is 5.58. The van der Waals surface area contributed by atoms with E-state index in [1.165, 1.54) is 17.9 Å². The Morgan fingerprint density at radius 2 is 2.36 bits per heavy atom. The van der Waals surface area contributed by atoms with E-state index in [9.17, 15) is 14.7 Å². The van der Waals surface area contributed by atoms with Crippen molar-refractivity contribution in [1.82, 2.24) is 9.55 Å². The molecule has 0 spiro atoms. The van der Waals surface area contributed by atoms with Crippen molar-refractivity contribution >= 4 is 11.8 Å².